The molecule has 3 atom stereocenters. The van der Waals surface area contributed by atoms with Gasteiger partial charge in [-0.1, -0.05) is 32.0 Å². The Morgan fingerprint density at radius 2 is 2.14 bits per heavy atom. The topological polar surface area (TPSA) is 59.6 Å². The molecule has 1 aromatic carbocycles. The van der Waals surface area contributed by atoms with Crippen LogP contribution in [0.2, 0.25) is 0 Å². The highest BCUT2D eigenvalue weighted by atomic mass is 35.5. The van der Waals surface area contributed by atoms with Crippen LogP contribution in [0.4, 0.5) is 0 Å². The number of para-hydroxylation sites is 1. The van der Waals surface area contributed by atoms with Gasteiger partial charge in [0.05, 0.1) is 19.3 Å². The summed E-state index contributed by atoms with van der Waals surface area (Å²) in [4.78, 5) is 12.6. The van der Waals surface area contributed by atoms with E-state index in [2.05, 4.69) is 30.5 Å². The second kappa shape index (κ2) is 11.6. The van der Waals surface area contributed by atoms with Crippen LogP contribution < -0.4 is 15.4 Å². The van der Waals surface area contributed by atoms with Gasteiger partial charge in [-0.25, -0.2) is 0 Å². The minimum atomic E-state index is 0. The van der Waals surface area contributed by atoms with Crippen LogP contribution in [0.3, 0.4) is 0 Å². The Labute approximate surface area is 175 Å². The van der Waals surface area contributed by atoms with E-state index in [1.165, 1.54) is 0 Å². The van der Waals surface area contributed by atoms with Gasteiger partial charge in [-0.3, -0.25) is 4.79 Å². The molecule has 5 nitrogen and oxygen atoms in total. The lowest BCUT2D eigenvalue weighted by atomic mass is 9.82. The fraction of sp³-hybridized carbons (Fsp3) is 0.682. The second-order valence-corrected chi connectivity index (χ2v) is 8.16. The Hall–Kier alpha value is -1.30. The predicted molar refractivity (Wildman–Crippen MR) is 114 cm³/mol. The van der Waals surface area contributed by atoms with Crippen molar-refractivity contribution < 1.29 is 14.3 Å². The molecule has 1 heterocycles. The number of morpholine rings is 1. The number of rotatable bonds is 8. The van der Waals surface area contributed by atoms with Crippen LogP contribution in [0.15, 0.2) is 24.3 Å². The van der Waals surface area contributed by atoms with Gasteiger partial charge >= 0.3 is 0 Å². The maximum Gasteiger partial charge on any atom is 0.223 e. The van der Waals surface area contributed by atoms with E-state index in [9.17, 15) is 4.79 Å². The van der Waals surface area contributed by atoms with E-state index in [1.54, 1.807) is 0 Å². The summed E-state index contributed by atoms with van der Waals surface area (Å²) in [5.41, 5.74) is 1.16. The maximum atomic E-state index is 12.6. The van der Waals surface area contributed by atoms with E-state index in [0.29, 0.717) is 18.5 Å². The van der Waals surface area contributed by atoms with E-state index in [4.69, 9.17) is 9.47 Å². The minimum absolute atomic E-state index is 0. The standard InChI is InChI=1S/C22H34N2O3.ClH/c1-16(2)10-13-26-20-6-4-3-5-17(20)9-11-24-22(25)18-7-8-21-19(15-18)23-12-14-27-21;/h3-6,16,18-19,21,23H,7-15H2,1-2H3,(H,24,25);1H/t18-,19+,21+;/m0./s1. The first-order valence-electron chi connectivity index (χ1n) is 10.5. The number of carbonyl (C=O) groups is 1. The highest BCUT2D eigenvalue weighted by Gasteiger charge is 2.35. The van der Waals surface area contributed by atoms with Crippen LogP contribution in [-0.4, -0.2) is 44.4 Å². The molecular weight excluding hydrogens is 376 g/mol. The fourth-order valence-corrected chi connectivity index (χ4v) is 3.97. The first kappa shape index (κ1) is 23.0. The average Bonchev–Trinajstić information content (AvgIpc) is 2.68. The van der Waals surface area contributed by atoms with E-state index in [1.807, 2.05) is 18.2 Å². The number of halogens is 1. The first-order chi connectivity index (χ1) is 13.1. The molecule has 1 amide bonds. The molecule has 0 radical (unpaired) electrons. The molecule has 3 rings (SSSR count). The van der Waals surface area contributed by atoms with Crippen molar-refractivity contribution >= 4 is 18.3 Å². The molecule has 1 aromatic rings. The summed E-state index contributed by atoms with van der Waals surface area (Å²) < 4.78 is 11.7. The number of carbonyl (C=O) groups excluding carboxylic acids is 1. The predicted octanol–water partition coefficient (Wildman–Crippen LogP) is 3.35. The van der Waals surface area contributed by atoms with Crippen molar-refractivity contribution in [3.8, 4) is 5.75 Å². The van der Waals surface area contributed by atoms with Gasteiger partial charge < -0.3 is 20.1 Å². The van der Waals surface area contributed by atoms with Crippen LogP contribution in [0, 0.1) is 11.8 Å². The van der Waals surface area contributed by atoms with Crippen LogP contribution >= 0.6 is 12.4 Å². The SMILES string of the molecule is CC(C)CCOc1ccccc1CCNC(=O)[C@H]1CC[C@H]2OCCN[C@@H]2C1.Cl. The Bertz CT molecular complexity index is 611. The molecule has 6 heteroatoms. The van der Waals surface area contributed by atoms with Gasteiger partial charge in [0.15, 0.2) is 0 Å². The van der Waals surface area contributed by atoms with Crippen molar-refractivity contribution in [1.82, 2.24) is 10.6 Å². The second-order valence-electron chi connectivity index (χ2n) is 8.16. The van der Waals surface area contributed by atoms with Crippen LogP contribution in [-0.2, 0) is 16.0 Å². The van der Waals surface area contributed by atoms with Crippen molar-refractivity contribution in [3.63, 3.8) is 0 Å². The number of ether oxygens (including phenoxy) is 2. The highest BCUT2D eigenvalue weighted by Crippen LogP contribution is 2.28. The van der Waals surface area contributed by atoms with Gasteiger partial charge in [0.1, 0.15) is 5.75 Å². The molecular formula is C22H35ClN2O3. The summed E-state index contributed by atoms with van der Waals surface area (Å²) in [7, 11) is 0. The molecule has 2 aliphatic rings. The fourth-order valence-electron chi connectivity index (χ4n) is 3.97. The number of hydrogen-bond donors (Lipinski definition) is 2. The first-order valence-corrected chi connectivity index (χ1v) is 10.5. The molecule has 0 spiro atoms. The monoisotopic (exact) mass is 410 g/mol. The van der Waals surface area contributed by atoms with E-state index >= 15 is 0 Å². The summed E-state index contributed by atoms with van der Waals surface area (Å²) in [6.45, 7) is 7.47. The van der Waals surface area contributed by atoms with Gasteiger partial charge in [-0.05, 0) is 49.7 Å². The van der Waals surface area contributed by atoms with Crippen LogP contribution in [0.25, 0.3) is 0 Å². The summed E-state index contributed by atoms with van der Waals surface area (Å²) >= 11 is 0. The summed E-state index contributed by atoms with van der Waals surface area (Å²) in [6.07, 6.45) is 4.91. The van der Waals surface area contributed by atoms with Crippen molar-refractivity contribution in [2.75, 3.05) is 26.3 Å². The van der Waals surface area contributed by atoms with Gasteiger partial charge in [0.25, 0.3) is 0 Å². The number of fused-ring (bicyclic) bond motifs is 1. The average molecular weight is 411 g/mol. The Morgan fingerprint density at radius 3 is 2.96 bits per heavy atom. The van der Waals surface area contributed by atoms with Crippen molar-refractivity contribution in [3.05, 3.63) is 29.8 Å². The molecule has 0 unspecified atom stereocenters. The lowest BCUT2D eigenvalue weighted by Gasteiger charge is -2.39. The Morgan fingerprint density at radius 1 is 1.32 bits per heavy atom. The van der Waals surface area contributed by atoms with Gasteiger partial charge in [-0.2, -0.15) is 0 Å². The lowest BCUT2D eigenvalue weighted by molar-refractivity contribution is -0.128. The van der Waals surface area contributed by atoms with E-state index < -0.39 is 0 Å². The maximum absolute atomic E-state index is 12.6. The molecule has 1 aliphatic carbocycles. The Kier molecular flexibility index (Phi) is 9.56. The third kappa shape index (κ3) is 6.64. The lowest BCUT2D eigenvalue weighted by Crippen LogP contribution is -2.53. The summed E-state index contributed by atoms with van der Waals surface area (Å²) in [5.74, 6) is 1.85. The zero-order chi connectivity index (χ0) is 19.1. The number of benzene rings is 1. The summed E-state index contributed by atoms with van der Waals surface area (Å²) in [5, 5.41) is 6.64. The van der Waals surface area contributed by atoms with Crippen molar-refractivity contribution in [2.24, 2.45) is 11.8 Å². The Balaban J connectivity index is 0.00000280. The van der Waals surface area contributed by atoms with Gasteiger partial charge in [0, 0.05) is 25.0 Å². The molecule has 2 N–H and O–H groups in total. The number of nitrogens with one attached hydrogen (secondary N) is 2. The molecule has 0 aromatic heterocycles. The zero-order valence-electron chi connectivity index (χ0n) is 17.1. The third-order valence-corrected chi connectivity index (χ3v) is 5.62. The highest BCUT2D eigenvalue weighted by molar-refractivity contribution is 5.85. The van der Waals surface area contributed by atoms with Gasteiger partial charge in [-0.15, -0.1) is 12.4 Å². The number of amides is 1. The minimum Gasteiger partial charge on any atom is -0.493 e. The zero-order valence-corrected chi connectivity index (χ0v) is 17.9. The van der Waals surface area contributed by atoms with Crippen molar-refractivity contribution in [2.45, 2.75) is 58.1 Å². The van der Waals surface area contributed by atoms with Crippen molar-refractivity contribution in [1.29, 1.82) is 0 Å². The molecule has 0 bridgehead atoms. The molecule has 1 aliphatic heterocycles. The van der Waals surface area contributed by atoms with E-state index in [0.717, 1.165) is 63.2 Å². The smallest absolute Gasteiger partial charge is 0.223 e. The molecule has 28 heavy (non-hydrogen) atoms. The normalized spacial score (nSPS) is 24.2. The van der Waals surface area contributed by atoms with Gasteiger partial charge in [0.2, 0.25) is 5.91 Å². The third-order valence-electron chi connectivity index (χ3n) is 5.62. The molecule has 1 saturated carbocycles. The van der Waals surface area contributed by atoms with Crippen LogP contribution in [0.5, 0.6) is 5.75 Å². The molecule has 2 fully saturated rings. The number of hydrogen-bond acceptors (Lipinski definition) is 4. The molecule has 1 saturated heterocycles. The van der Waals surface area contributed by atoms with Crippen LogP contribution in [0.1, 0.15) is 45.1 Å². The largest absolute Gasteiger partial charge is 0.493 e. The molecule has 158 valence electrons. The quantitative estimate of drug-likeness (QED) is 0.690. The van der Waals surface area contributed by atoms with E-state index in [-0.39, 0.29) is 30.3 Å². The summed E-state index contributed by atoms with van der Waals surface area (Å²) in [6, 6.07) is 8.48.